The van der Waals surface area contributed by atoms with Gasteiger partial charge < -0.3 is 4.98 Å². The lowest BCUT2D eigenvalue weighted by Gasteiger charge is -2.27. The first kappa shape index (κ1) is 13.0. The average Bonchev–Trinajstić information content (AvgIpc) is 2.69. The number of imidazole rings is 1. The first-order valence-electron chi connectivity index (χ1n) is 5.67. The highest BCUT2D eigenvalue weighted by atomic mass is 79.9. The second-order valence-corrected chi connectivity index (χ2v) is 7.22. The highest BCUT2D eigenvalue weighted by molar-refractivity contribution is 9.09. The van der Waals surface area contributed by atoms with Crippen molar-refractivity contribution >= 4 is 26.0 Å². The van der Waals surface area contributed by atoms with E-state index >= 15 is 0 Å². The molecule has 2 atom stereocenters. The monoisotopic (exact) mass is 321 g/mol. The molecule has 7 heteroatoms. The molecule has 0 saturated heterocycles. The molecule has 17 heavy (non-hydrogen) atoms. The first-order chi connectivity index (χ1) is 7.99. The molecule has 1 aromatic heterocycles. The van der Waals surface area contributed by atoms with Gasteiger partial charge in [-0.05, 0) is 19.8 Å². The van der Waals surface area contributed by atoms with Gasteiger partial charge in [0.25, 0.3) is 10.0 Å². The summed E-state index contributed by atoms with van der Waals surface area (Å²) >= 11 is 3.53. The van der Waals surface area contributed by atoms with Crippen LogP contribution < -0.4 is 4.72 Å². The molecule has 1 aliphatic rings. The van der Waals surface area contributed by atoms with Gasteiger partial charge >= 0.3 is 0 Å². The third kappa shape index (κ3) is 3.08. The lowest BCUT2D eigenvalue weighted by Crippen LogP contribution is -2.42. The van der Waals surface area contributed by atoms with Crippen LogP contribution in [0, 0.1) is 6.92 Å². The molecule has 1 fully saturated rings. The topological polar surface area (TPSA) is 74.8 Å². The van der Waals surface area contributed by atoms with E-state index in [4.69, 9.17) is 0 Å². The summed E-state index contributed by atoms with van der Waals surface area (Å²) in [5, 5.41) is 0.139. The Balaban J connectivity index is 2.11. The summed E-state index contributed by atoms with van der Waals surface area (Å²) in [5.74, 6) is 0.601. The Morgan fingerprint density at radius 2 is 2.18 bits per heavy atom. The highest BCUT2D eigenvalue weighted by Gasteiger charge is 2.28. The number of alkyl halides is 1. The van der Waals surface area contributed by atoms with Crippen molar-refractivity contribution in [2.24, 2.45) is 0 Å². The van der Waals surface area contributed by atoms with E-state index in [0.29, 0.717) is 5.82 Å². The quantitative estimate of drug-likeness (QED) is 0.832. The average molecular weight is 322 g/mol. The number of hydrogen-bond donors (Lipinski definition) is 2. The summed E-state index contributed by atoms with van der Waals surface area (Å²) in [6, 6.07) is -0.0302. The Hall–Kier alpha value is -0.400. The number of aryl methyl sites for hydroxylation is 1. The van der Waals surface area contributed by atoms with Crippen LogP contribution in [0.4, 0.5) is 0 Å². The Labute approximate surface area is 110 Å². The molecule has 96 valence electrons. The van der Waals surface area contributed by atoms with Crippen LogP contribution in [0.3, 0.4) is 0 Å². The second kappa shape index (κ2) is 5.07. The molecular weight excluding hydrogens is 306 g/mol. The fourth-order valence-electron chi connectivity index (χ4n) is 2.02. The smallest absolute Gasteiger partial charge is 0.257 e. The Morgan fingerprint density at radius 3 is 2.76 bits per heavy atom. The van der Waals surface area contributed by atoms with E-state index in [9.17, 15) is 8.42 Å². The minimum absolute atomic E-state index is 0.0302. The highest BCUT2D eigenvalue weighted by Crippen LogP contribution is 2.25. The number of sulfonamides is 1. The van der Waals surface area contributed by atoms with Crippen molar-refractivity contribution in [2.45, 2.75) is 48.5 Å². The van der Waals surface area contributed by atoms with Crippen molar-refractivity contribution < 1.29 is 8.42 Å². The van der Waals surface area contributed by atoms with Gasteiger partial charge in [0.15, 0.2) is 5.03 Å². The normalized spacial score (nSPS) is 26.0. The van der Waals surface area contributed by atoms with Gasteiger partial charge in [0.05, 0.1) is 6.20 Å². The number of aromatic nitrogens is 2. The zero-order valence-electron chi connectivity index (χ0n) is 9.61. The molecule has 1 heterocycles. The van der Waals surface area contributed by atoms with Gasteiger partial charge in [0.1, 0.15) is 5.82 Å². The van der Waals surface area contributed by atoms with Crippen molar-refractivity contribution in [3.8, 4) is 0 Å². The fraction of sp³-hybridized carbons (Fsp3) is 0.700. The molecule has 0 aromatic carbocycles. The van der Waals surface area contributed by atoms with Crippen molar-refractivity contribution in [3.05, 3.63) is 12.0 Å². The van der Waals surface area contributed by atoms with Gasteiger partial charge in [-0.15, -0.1) is 0 Å². The van der Waals surface area contributed by atoms with Gasteiger partial charge in [-0.3, -0.25) is 0 Å². The molecular formula is C10H16BrN3O2S. The summed E-state index contributed by atoms with van der Waals surface area (Å²) in [6.45, 7) is 1.73. The molecule has 0 aliphatic heterocycles. The molecule has 0 radical (unpaired) electrons. The number of hydrogen-bond acceptors (Lipinski definition) is 3. The van der Waals surface area contributed by atoms with Crippen molar-refractivity contribution in [1.29, 1.82) is 0 Å². The maximum absolute atomic E-state index is 12.1. The Morgan fingerprint density at radius 1 is 1.47 bits per heavy atom. The van der Waals surface area contributed by atoms with Gasteiger partial charge in [0, 0.05) is 10.9 Å². The number of H-pyrrole nitrogens is 1. The number of halogens is 1. The van der Waals surface area contributed by atoms with E-state index < -0.39 is 10.0 Å². The maximum atomic E-state index is 12.1. The lowest BCUT2D eigenvalue weighted by molar-refractivity contribution is 0.427. The van der Waals surface area contributed by atoms with E-state index in [1.54, 1.807) is 6.92 Å². The van der Waals surface area contributed by atoms with Crippen LogP contribution in [0.5, 0.6) is 0 Å². The van der Waals surface area contributed by atoms with Crippen LogP contribution in [0.1, 0.15) is 31.5 Å². The lowest BCUT2D eigenvalue weighted by atomic mass is 9.96. The summed E-state index contributed by atoms with van der Waals surface area (Å²) in [4.78, 5) is 6.87. The van der Waals surface area contributed by atoms with E-state index in [2.05, 4.69) is 30.6 Å². The minimum Gasteiger partial charge on any atom is -0.332 e. The molecule has 0 bridgehead atoms. The van der Waals surface area contributed by atoms with E-state index in [-0.39, 0.29) is 15.9 Å². The van der Waals surface area contributed by atoms with Crippen molar-refractivity contribution in [1.82, 2.24) is 14.7 Å². The maximum Gasteiger partial charge on any atom is 0.257 e. The molecule has 2 N–H and O–H groups in total. The Bertz CT molecular complexity index is 485. The molecule has 0 amide bonds. The van der Waals surface area contributed by atoms with E-state index in [1.165, 1.54) is 6.20 Å². The number of nitrogens with one attached hydrogen (secondary N) is 2. The minimum atomic E-state index is -3.47. The van der Waals surface area contributed by atoms with Gasteiger partial charge in [0.2, 0.25) is 0 Å². The number of aromatic amines is 1. The summed E-state index contributed by atoms with van der Waals surface area (Å²) in [5.41, 5.74) is 0. The second-order valence-electron chi connectivity index (χ2n) is 4.36. The van der Waals surface area contributed by atoms with Gasteiger partial charge in [-0.1, -0.05) is 28.8 Å². The van der Waals surface area contributed by atoms with Crippen LogP contribution in [-0.4, -0.2) is 29.3 Å². The molecule has 5 nitrogen and oxygen atoms in total. The van der Waals surface area contributed by atoms with Crippen molar-refractivity contribution in [2.75, 3.05) is 0 Å². The standard InChI is InChI=1S/C10H16BrN3O2S/c1-7-12-6-10(13-7)17(15,16)14-9-5-3-2-4-8(9)11/h6,8-9,14H,2-5H2,1H3,(H,12,13). The molecule has 2 unspecified atom stereocenters. The van der Waals surface area contributed by atoms with Gasteiger partial charge in [-0.25, -0.2) is 18.1 Å². The molecule has 1 aliphatic carbocycles. The SMILES string of the molecule is Cc1ncc(S(=O)(=O)NC2CCCCC2Br)[nH]1. The predicted molar refractivity (Wildman–Crippen MR) is 68.6 cm³/mol. The predicted octanol–water partition coefficient (Wildman–Crippen LogP) is 1.70. The van der Waals surface area contributed by atoms with E-state index in [0.717, 1.165) is 25.7 Å². The third-order valence-electron chi connectivity index (χ3n) is 2.96. The third-order valence-corrected chi connectivity index (χ3v) is 5.45. The fourth-order valence-corrected chi connectivity index (χ4v) is 4.19. The van der Waals surface area contributed by atoms with Crippen LogP contribution in [0.15, 0.2) is 11.2 Å². The zero-order valence-corrected chi connectivity index (χ0v) is 12.0. The van der Waals surface area contributed by atoms with Crippen LogP contribution in [-0.2, 0) is 10.0 Å². The van der Waals surface area contributed by atoms with Crippen LogP contribution in [0.25, 0.3) is 0 Å². The molecule has 2 rings (SSSR count). The number of nitrogens with zero attached hydrogens (tertiary/aromatic N) is 1. The van der Waals surface area contributed by atoms with Crippen molar-refractivity contribution in [3.63, 3.8) is 0 Å². The van der Waals surface area contributed by atoms with Crippen LogP contribution >= 0.6 is 15.9 Å². The molecule has 0 spiro atoms. The number of rotatable bonds is 3. The first-order valence-corrected chi connectivity index (χ1v) is 8.07. The van der Waals surface area contributed by atoms with Gasteiger partial charge in [-0.2, -0.15) is 0 Å². The summed E-state index contributed by atoms with van der Waals surface area (Å²) in [7, 11) is -3.47. The summed E-state index contributed by atoms with van der Waals surface area (Å²) < 4.78 is 26.8. The van der Waals surface area contributed by atoms with E-state index in [1.807, 2.05) is 0 Å². The molecule has 1 aromatic rings. The van der Waals surface area contributed by atoms with Crippen LogP contribution in [0.2, 0.25) is 0 Å². The molecule has 1 saturated carbocycles. The zero-order chi connectivity index (χ0) is 12.5. The summed E-state index contributed by atoms with van der Waals surface area (Å²) in [6.07, 6.45) is 5.45. The Kier molecular flexibility index (Phi) is 3.89. The largest absolute Gasteiger partial charge is 0.332 e.